The highest BCUT2D eigenvalue weighted by Crippen LogP contribution is 2.35. The summed E-state index contributed by atoms with van der Waals surface area (Å²) in [6, 6.07) is 5.73. The van der Waals surface area contributed by atoms with Crippen molar-refractivity contribution in [1.29, 1.82) is 0 Å². The number of carboxylic acids is 1. The minimum absolute atomic E-state index is 0.00209. The molecule has 0 aliphatic heterocycles. The quantitative estimate of drug-likeness (QED) is 0.825. The molecule has 1 atom stereocenters. The molecular formula is C14H19NO2. The Morgan fingerprint density at radius 3 is 2.71 bits per heavy atom. The summed E-state index contributed by atoms with van der Waals surface area (Å²) in [7, 11) is 0. The molecule has 92 valence electrons. The summed E-state index contributed by atoms with van der Waals surface area (Å²) in [5.41, 5.74) is 2.60. The third kappa shape index (κ3) is 2.50. The minimum atomic E-state index is -0.829. The van der Waals surface area contributed by atoms with Crippen molar-refractivity contribution in [3.63, 3.8) is 0 Å². The van der Waals surface area contributed by atoms with Crippen LogP contribution in [0.2, 0.25) is 0 Å². The van der Waals surface area contributed by atoms with Crippen molar-refractivity contribution in [2.45, 2.75) is 45.2 Å². The Kier molecular flexibility index (Phi) is 2.96. The van der Waals surface area contributed by atoms with E-state index < -0.39 is 5.97 Å². The van der Waals surface area contributed by atoms with Crippen LogP contribution < -0.4 is 5.32 Å². The summed E-state index contributed by atoms with van der Waals surface area (Å²) in [5.74, 6) is -0.829. The molecule has 0 saturated carbocycles. The van der Waals surface area contributed by atoms with Crippen molar-refractivity contribution in [2.24, 2.45) is 0 Å². The maximum absolute atomic E-state index is 11.2. The monoisotopic (exact) mass is 233 g/mol. The van der Waals surface area contributed by atoms with Gasteiger partial charge in [0.2, 0.25) is 0 Å². The molecule has 3 heteroatoms. The molecule has 0 radical (unpaired) electrons. The lowest BCUT2D eigenvalue weighted by molar-refractivity contribution is 0.0694. The van der Waals surface area contributed by atoms with E-state index in [4.69, 9.17) is 0 Å². The second-order valence-corrected chi connectivity index (χ2v) is 5.67. The number of carboxylic acid groups (broad SMARTS) is 1. The highest BCUT2D eigenvalue weighted by Gasteiger charge is 2.29. The van der Waals surface area contributed by atoms with E-state index in [2.05, 4.69) is 26.1 Å². The Hall–Kier alpha value is -1.35. The number of aryl methyl sites for hydroxylation is 1. The van der Waals surface area contributed by atoms with Crippen molar-refractivity contribution in [3.8, 4) is 0 Å². The maximum Gasteiger partial charge on any atom is 0.336 e. The van der Waals surface area contributed by atoms with Crippen LogP contribution in [0.1, 0.15) is 54.7 Å². The first-order valence-corrected chi connectivity index (χ1v) is 6.01. The van der Waals surface area contributed by atoms with E-state index in [1.54, 1.807) is 6.07 Å². The van der Waals surface area contributed by atoms with Gasteiger partial charge >= 0.3 is 5.97 Å². The molecule has 1 aromatic carbocycles. The first-order chi connectivity index (χ1) is 7.88. The van der Waals surface area contributed by atoms with Gasteiger partial charge < -0.3 is 10.4 Å². The SMILES string of the molecule is CC(C)(C)NC1CCc2cccc(C(=O)O)c21. The van der Waals surface area contributed by atoms with Crippen molar-refractivity contribution in [1.82, 2.24) is 5.32 Å². The summed E-state index contributed by atoms with van der Waals surface area (Å²) in [5, 5.41) is 12.7. The van der Waals surface area contributed by atoms with Crippen LogP contribution in [-0.2, 0) is 6.42 Å². The topological polar surface area (TPSA) is 49.3 Å². The Morgan fingerprint density at radius 1 is 1.41 bits per heavy atom. The molecule has 2 rings (SSSR count). The maximum atomic E-state index is 11.2. The minimum Gasteiger partial charge on any atom is -0.478 e. The van der Waals surface area contributed by atoms with Gasteiger partial charge in [0.1, 0.15) is 0 Å². The third-order valence-electron chi connectivity index (χ3n) is 3.08. The van der Waals surface area contributed by atoms with Crippen LogP contribution in [0.4, 0.5) is 0 Å². The average molecular weight is 233 g/mol. The number of carbonyl (C=O) groups is 1. The Bertz CT molecular complexity index is 446. The lowest BCUT2D eigenvalue weighted by atomic mass is 9.98. The molecule has 1 aromatic rings. The van der Waals surface area contributed by atoms with Gasteiger partial charge in [-0.25, -0.2) is 4.79 Å². The summed E-state index contributed by atoms with van der Waals surface area (Å²) in [6.07, 6.45) is 1.95. The van der Waals surface area contributed by atoms with Crippen LogP contribution in [0.25, 0.3) is 0 Å². The molecule has 17 heavy (non-hydrogen) atoms. The zero-order valence-electron chi connectivity index (χ0n) is 10.6. The molecule has 0 saturated heterocycles. The molecule has 0 bridgehead atoms. The molecule has 2 N–H and O–H groups in total. The van der Waals surface area contributed by atoms with E-state index in [0.29, 0.717) is 5.56 Å². The first kappa shape index (κ1) is 12.1. The Labute approximate surface area is 102 Å². The molecule has 1 aliphatic rings. The number of nitrogens with one attached hydrogen (secondary N) is 1. The number of hydrogen-bond acceptors (Lipinski definition) is 2. The fourth-order valence-corrected chi connectivity index (χ4v) is 2.54. The highest BCUT2D eigenvalue weighted by molar-refractivity contribution is 5.90. The first-order valence-electron chi connectivity index (χ1n) is 6.01. The molecule has 0 fully saturated rings. The van der Waals surface area contributed by atoms with Gasteiger partial charge in [0, 0.05) is 11.6 Å². The van der Waals surface area contributed by atoms with Gasteiger partial charge in [-0.05, 0) is 50.8 Å². The van der Waals surface area contributed by atoms with E-state index in [-0.39, 0.29) is 11.6 Å². The fraction of sp³-hybridized carbons (Fsp3) is 0.500. The van der Waals surface area contributed by atoms with Gasteiger partial charge in [0.25, 0.3) is 0 Å². The van der Waals surface area contributed by atoms with Crippen LogP contribution in [0.15, 0.2) is 18.2 Å². The zero-order chi connectivity index (χ0) is 12.6. The van der Waals surface area contributed by atoms with Gasteiger partial charge in [0.15, 0.2) is 0 Å². The summed E-state index contributed by atoms with van der Waals surface area (Å²) < 4.78 is 0. The van der Waals surface area contributed by atoms with Crippen LogP contribution >= 0.6 is 0 Å². The van der Waals surface area contributed by atoms with Crippen molar-refractivity contribution in [2.75, 3.05) is 0 Å². The van der Waals surface area contributed by atoms with Crippen molar-refractivity contribution < 1.29 is 9.90 Å². The largest absolute Gasteiger partial charge is 0.478 e. The molecular weight excluding hydrogens is 214 g/mol. The van der Waals surface area contributed by atoms with E-state index in [1.807, 2.05) is 12.1 Å². The fourth-order valence-electron chi connectivity index (χ4n) is 2.54. The number of benzene rings is 1. The molecule has 1 aliphatic carbocycles. The van der Waals surface area contributed by atoms with Crippen LogP contribution in [0.3, 0.4) is 0 Å². The van der Waals surface area contributed by atoms with Gasteiger partial charge in [-0.3, -0.25) is 0 Å². The lowest BCUT2D eigenvalue weighted by Crippen LogP contribution is -2.38. The molecule has 0 amide bonds. The normalized spacial score (nSPS) is 19.1. The summed E-state index contributed by atoms with van der Waals surface area (Å²) >= 11 is 0. The number of fused-ring (bicyclic) bond motifs is 1. The van der Waals surface area contributed by atoms with Gasteiger partial charge in [-0.2, -0.15) is 0 Å². The molecule has 0 heterocycles. The highest BCUT2D eigenvalue weighted by atomic mass is 16.4. The average Bonchev–Trinajstić information content (AvgIpc) is 2.59. The number of aromatic carboxylic acids is 1. The van der Waals surface area contributed by atoms with Crippen molar-refractivity contribution in [3.05, 3.63) is 34.9 Å². The zero-order valence-corrected chi connectivity index (χ0v) is 10.6. The number of rotatable bonds is 2. The predicted molar refractivity (Wildman–Crippen MR) is 67.4 cm³/mol. The second kappa shape index (κ2) is 4.15. The van der Waals surface area contributed by atoms with E-state index >= 15 is 0 Å². The van der Waals surface area contributed by atoms with E-state index in [0.717, 1.165) is 18.4 Å². The molecule has 0 spiro atoms. The Balaban J connectivity index is 2.39. The van der Waals surface area contributed by atoms with Crippen molar-refractivity contribution >= 4 is 5.97 Å². The van der Waals surface area contributed by atoms with E-state index in [9.17, 15) is 9.90 Å². The smallest absolute Gasteiger partial charge is 0.336 e. The van der Waals surface area contributed by atoms with E-state index in [1.165, 1.54) is 5.56 Å². The lowest BCUT2D eigenvalue weighted by Gasteiger charge is -2.27. The molecule has 0 aromatic heterocycles. The summed E-state index contributed by atoms with van der Waals surface area (Å²) in [4.78, 5) is 11.2. The van der Waals surface area contributed by atoms with Gasteiger partial charge in [-0.15, -0.1) is 0 Å². The van der Waals surface area contributed by atoms with Crippen LogP contribution in [-0.4, -0.2) is 16.6 Å². The van der Waals surface area contributed by atoms with Gasteiger partial charge in [-0.1, -0.05) is 12.1 Å². The van der Waals surface area contributed by atoms with Gasteiger partial charge in [0.05, 0.1) is 5.56 Å². The Morgan fingerprint density at radius 2 is 2.12 bits per heavy atom. The van der Waals surface area contributed by atoms with Crippen LogP contribution in [0.5, 0.6) is 0 Å². The third-order valence-corrected chi connectivity index (χ3v) is 3.08. The predicted octanol–water partition coefficient (Wildman–Crippen LogP) is 2.76. The van der Waals surface area contributed by atoms with Crippen LogP contribution in [0, 0.1) is 0 Å². The second-order valence-electron chi connectivity index (χ2n) is 5.67. The molecule has 3 nitrogen and oxygen atoms in total. The summed E-state index contributed by atoms with van der Waals surface area (Å²) in [6.45, 7) is 6.32. The number of hydrogen-bond donors (Lipinski definition) is 2. The molecule has 1 unspecified atom stereocenters. The standard InChI is InChI=1S/C14H19NO2/c1-14(2,3)15-11-8-7-9-5-4-6-10(12(9)11)13(16)17/h4-6,11,15H,7-8H2,1-3H3,(H,16,17).